The van der Waals surface area contributed by atoms with E-state index in [4.69, 9.17) is 39.5 Å². The Hall–Kier alpha value is -7.51. The highest BCUT2D eigenvalue weighted by molar-refractivity contribution is 6.05. The van der Waals surface area contributed by atoms with Crippen molar-refractivity contribution < 1.29 is 47.0 Å². The molecule has 0 spiro atoms. The number of primary amides is 2. The number of nitrogens with one attached hydrogen (secondary N) is 2. The fraction of sp³-hybridized carbons (Fsp3) is 0.372. The van der Waals surface area contributed by atoms with E-state index in [1.807, 2.05) is 27.7 Å². The van der Waals surface area contributed by atoms with E-state index in [1.54, 1.807) is 35.1 Å². The van der Waals surface area contributed by atoms with Gasteiger partial charge in [0.1, 0.15) is 22.5 Å². The van der Waals surface area contributed by atoms with E-state index >= 15 is 0 Å². The Morgan fingerprint density at radius 2 is 1.22 bits per heavy atom. The van der Waals surface area contributed by atoms with Crippen LogP contribution in [0.1, 0.15) is 112 Å². The number of carbonyl (C=O) groups excluding carboxylic acids is 5. The number of hydrogen-bond donors (Lipinski definition) is 4. The first-order chi connectivity index (χ1) is 30.1. The molecule has 0 aliphatic rings. The molecule has 332 valence electrons. The van der Waals surface area contributed by atoms with Gasteiger partial charge in [-0.15, -0.1) is 0 Å². The van der Waals surface area contributed by atoms with Gasteiger partial charge in [-0.3, -0.25) is 34.6 Å². The van der Waals surface area contributed by atoms with Gasteiger partial charge in [0.05, 0.1) is 42.2 Å². The zero-order valence-electron chi connectivity index (χ0n) is 36.1. The largest absolute Gasteiger partial charge is 0.494 e. The summed E-state index contributed by atoms with van der Waals surface area (Å²) in [7, 11) is 1.43. The zero-order valence-corrected chi connectivity index (χ0v) is 36.1. The monoisotopic (exact) mass is 866 g/mol. The van der Waals surface area contributed by atoms with E-state index in [0.29, 0.717) is 65.4 Å². The Kier molecular flexibility index (Phi) is 13.9. The number of allylic oxidation sites excluding steroid dienone is 2. The molecule has 1 atom stereocenters. The molecule has 0 saturated carbocycles. The standard InChI is InChI=1S/C43H50N10O10/c1-8-22(4)61-33(54)14-13-17-60-32-21-26(39(45)56)19-30-35(32)53(43(49-30)51-41(58)37-28(10-3)47-24(6)63-37)16-12-11-15-52-34-29(18-25(38(44)55)20-31(34)59-7)48-42(52)50-40(57)36-27(9-2)46-23(5)62-36/h11-12,18-22H,8-10,13-17H2,1-7H3,(H2,44,55)(H2,45,56)(H,48,50,57)(H,49,51,58)/b12-11+/t22-/m0/s1. The van der Waals surface area contributed by atoms with E-state index in [-0.39, 0.29) is 89.8 Å². The van der Waals surface area contributed by atoms with Crippen molar-refractivity contribution in [2.24, 2.45) is 11.5 Å². The van der Waals surface area contributed by atoms with Crippen LogP contribution in [0.5, 0.6) is 11.5 Å². The minimum absolute atomic E-state index is 0.0178. The summed E-state index contributed by atoms with van der Waals surface area (Å²) in [5.41, 5.74) is 14.0. The second-order valence-electron chi connectivity index (χ2n) is 14.5. The molecule has 0 aliphatic carbocycles. The SMILES string of the molecule is CCc1nc(C)oc1C(=O)Nc1nc2cc(C(N)=O)cc(OC)c2n1C/C=C/Cn1c(NC(=O)c2oc(C)nc2CC)nc2cc(C(N)=O)cc(OCCCC(=O)O[C@@H](C)CC)c21. The molecule has 0 bridgehead atoms. The number of amides is 4. The summed E-state index contributed by atoms with van der Waals surface area (Å²) in [6, 6.07) is 5.94. The number of esters is 1. The molecule has 0 radical (unpaired) electrons. The van der Waals surface area contributed by atoms with Gasteiger partial charge in [-0.2, -0.15) is 0 Å². The molecule has 0 unspecified atom stereocenters. The predicted molar refractivity (Wildman–Crippen MR) is 230 cm³/mol. The average molecular weight is 867 g/mol. The number of fused-ring (bicyclic) bond motifs is 2. The number of ether oxygens (including phenoxy) is 3. The zero-order chi connectivity index (χ0) is 45.5. The number of benzene rings is 2. The first-order valence-electron chi connectivity index (χ1n) is 20.4. The molecule has 2 aromatic carbocycles. The maximum absolute atomic E-state index is 13.7. The van der Waals surface area contributed by atoms with Crippen molar-refractivity contribution in [2.45, 2.75) is 92.8 Å². The van der Waals surface area contributed by atoms with E-state index in [0.717, 1.165) is 0 Å². The molecule has 20 heteroatoms. The minimum Gasteiger partial charge on any atom is -0.494 e. The van der Waals surface area contributed by atoms with Gasteiger partial charge in [0.25, 0.3) is 11.8 Å². The van der Waals surface area contributed by atoms with Crippen LogP contribution in [-0.4, -0.2) is 78.5 Å². The number of carbonyl (C=O) groups is 5. The summed E-state index contributed by atoms with van der Waals surface area (Å²) in [6.45, 7) is 11.0. The molecular weight excluding hydrogens is 817 g/mol. The first kappa shape index (κ1) is 45.0. The predicted octanol–water partition coefficient (Wildman–Crippen LogP) is 5.57. The lowest BCUT2D eigenvalue weighted by atomic mass is 10.1. The van der Waals surface area contributed by atoms with Gasteiger partial charge < -0.3 is 43.6 Å². The molecule has 4 heterocycles. The number of oxazole rings is 2. The lowest BCUT2D eigenvalue weighted by molar-refractivity contribution is -0.148. The Bertz CT molecular complexity index is 2740. The summed E-state index contributed by atoms with van der Waals surface area (Å²) < 4.78 is 31.9. The lowest BCUT2D eigenvalue weighted by Gasteiger charge is -2.13. The Balaban J connectivity index is 1.39. The summed E-state index contributed by atoms with van der Waals surface area (Å²) >= 11 is 0. The third-order valence-corrected chi connectivity index (χ3v) is 9.98. The average Bonchev–Trinajstić information content (AvgIpc) is 4.02. The lowest BCUT2D eigenvalue weighted by Crippen LogP contribution is -2.17. The van der Waals surface area contributed by atoms with Crippen molar-refractivity contribution in [3.63, 3.8) is 0 Å². The van der Waals surface area contributed by atoms with Crippen LogP contribution in [0.2, 0.25) is 0 Å². The Morgan fingerprint density at radius 3 is 1.67 bits per heavy atom. The summed E-state index contributed by atoms with van der Waals surface area (Å²) in [6.07, 6.45) is 5.30. The molecule has 63 heavy (non-hydrogen) atoms. The third kappa shape index (κ3) is 10.0. The third-order valence-electron chi connectivity index (χ3n) is 9.98. The molecule has 0 aliphatic heterocycles. The first-order valence-corrected chi connectivity index (χ1v) is 20.4. The van der Waals surface area contributed by atoms with Gasteiger partial charge in [0.2, 0.25) is 35.2 Å². The molecule has 20 nitrogen and oxygen atoms in total. The van der Waals surface area contributed by atoms with Crippen LogP contribution >= 0.6 is 0 Å². The number of hydrogen-bond acceptors (Lipinski definition) is 14. The van der Waals surface area contributed by atoms with E-state index in [2.05, 4.69) is 25.6 Å². The quantitative estimate of drug-likeness (QED) is 0.0415. The normalized spacial score (nSPS) is 11.9. The fourth-order valence-corrected chi connectivity index (χ4v) is 6.77. The molecule has 4 aromatic heterocycles. The number of rotatable bonds is 20. The number of aryl methyl sites for hydroxylation is 4. The van der Waals surface area contributed by atoms with E-state index in [9.17, 15) is 24.0 Å². The van der Waals surface area contributed by atoms with Crippen molar-refractivity contribution >= 4 is 63.6 Å². The molecule has 6 aromatic rings. The number of aromatic nitrogens is 6. The van der Waals surface area contributed by atoms with Crippen LogP contribution in [0.15, 0.2) is 45.3 Å². The van der Waals surface area contributed by atoms with E-state index in [1.165, 1.54) is 31.4 Å². The van der Waals surface area contributed by atoms with Gasteiger partial charge in [0.15, 0.2) is 11.8 Å². The number of nitrogens with two attached hydrogens (primary N) is 2. The smallest absolute Gasteiger partial charge is 0.306 e. The van der Waals surface area contributed by atoms with Crippen LogP contribution in [0.3, 0.4) is 0 Å². The highest BCUT2D eigenvalue weighted by atomic mass is 16.5. The molecule has 6 rings (SSSR count). The highest BCUT2D eigenvalue weighted by Gasteiger charge is 2.25. The van der Waals surface area contributed by atoms with Crippen LogP contribution in [-0.2, 0) is 35.5 Å². The maximum atomic E-state index is 13.7. The van der Waals surface area contributed by atoms with Crippen LogP contribution in [0.25, 0.3) is 22.1 Å². The maximum Gasteiger partial charge on any atom is 0.306 e. The van der Waals surface area contributed by atoms with Crippen molar-refractivity contribution in [1.29, 1.82) is 0 Å². The Morgan fingerprint density at radius 1 is 0.746 bits per heavy atom. The fourth-order valence-electron chi connectivity index (χ4n) is 6.77. The molecule has 6 N–H and O–H groups in total. The number of anilines is 2. The van der Waals surface area contributed by atoms with Crippen molar-refractivity contribution in [1.82, 2.24) is 29.1 Å². The minimum atomic E-state index is -0.734. The summed E-state index contributed by atoms with van der Waals surface area (Å²) in [5.74, 6) is -1.62. The molecule has 0 saturated heterocycles. The van der Waals surface area contributed by atoms with Gasteiger partial charge in [-0.05, 0) is 56.9 Å². The van der Waals surface area contributed by atoms with Crippen molar-refractivity contribution in [3.8, 4) is 11.5 Å². The summed E-state index contributed by atoms with van der Waals surface area (Å²) in [4.78, 5) is 82.3. The molecule has 4 amide bonds. The summed E-state index contributed by atoms with van der Waals surface area (Å²) in [5, 5.41) is 5.65. The van der Waals surface area contributed by atoms with Crippen molar-refractivity contribution in [3.05, 3.63) is 82.2 Å². The van der Waals surface area contributed by atoms with Gasteiger partial charge in [-0.1, -0.05) is 32.9 Å². The van der Waals surface area contributed by atoms with Gasteiger partial charge >= 0.3 is 5.97 Å². The second kappa shape index (κ2) is 19.5. The van der Waals surface area contributed by atoms with Gasteiger partial charge in [-0.25, -0.2) is 19.9 Å². The number of nitrogens with zero attached hydrogens (tertiary/aromatic N) is 6. The van der Waals surface area contributed by atoms with Crippen LogP contribution in [0.4, 0.5) is 11.9 Å². The second-order valence-corrected chi connectivity index (χ2v) is 14.5. The highest BCUT2D eigenvalue weighted by Crippen LogP contribution is 2.33. The molecule has 0 fully saturated rings. The van der Waals surface area contributed by atoms with Crippen molar-refractivity contribution in [2.75, 3.05) is 24.4 Å². The molecular formula is C43H50N10O10. The topological polar surface area (TPSA) is 277 Å². The Labute approximate surface area is 361 Å². The van der Waals surface area contributed by atoms with Crippen LogP contribution < -0.4 is 31.6 Å². The number of imidazole rings is 2. The van der Waals surface area contributed by atoms with Gasteiger partial charge in [0, 0.05) is 44.5 Å². The van der Waals surface area contributed by atoms with Crippen LogP contribution in [0, 0.1) is 13.8 Å². The van der Waals surface area contributed by atoms with E-state index < -0.39 is 23.6 Å². The number of methoxy groups -OCH3 is 1.